The van der Waals surface area contributed by atoms with Gasteiger partial charge >= 0.3 is 0 Å². The maximum Gasteiger partial charge on any atom is 0.147 e. The SMILES string of the molecule is COc1cccc2nc(N3CCNCC3)cnc12.Cl. The van der Waals surface area contributed by atoms with Crippen molar-refractivity contribution in [3.05, 3.63) is 24.4 Å². The lowest BCUT2D eigenvalue weighted by molar-refractivity contribution is 0.419. The number of aromatic nitrogens is 2. The van der Waals surface area contributed by atoms with Crippen LogP contribution in [0.2, 0.25) is 0 Å². The van der Waals surface area contributed by atoms with Gasteiger partial charge in [0.05, 0.1) is 18.8 Å². The van der Waals surface area contributed by atoms with Crippen molar-refractivity contribution in [2.75, 3.05) is 38.2 Å². The fourth-order valence-corrected chi connectivity index (χ4v) is 2.22. The minimum absolute atomic E-state index is 0. The van der Waals surface area contributed by atoms with E-state index < -0.39 is 0 Å². The molecular weight excluding hydrogens is 264 g/mol. The summed E-state index contributed by atoms with van der Waals surface area (Å²) in [6, 6.07) is 5.81. The Morgan fingerprint density at radius 3 is 2.79 bits per heavy atom. The molecule has 102 valence electrons. The number of benzene rings is 1. The molecule has 0 atom stereocenters. The van der Waals surface area contributed by atoms with Gasteiger partial charge in [-0.15, -0.1) is 12.4 Å². The van der Waals surface area contributed by atoms with E-state index in [9.17, 15) is 0 Å². The molecule has 0 radical (unpaired) electrons. The molecule has 0 spiro atoms. The highest BCUT2D eigenvalue weighted by atomic mass is 35.5. The summed E-state index contributed by atoms with van der Waals surface area (Å²) >= 11 is 0. The molecule has 19 heavy (non-hydrogen) atoms. The standard InChI is InChI=1S/C13H16N4O.ClH/c1-18-11-4-2-3-10-13(11)15-9-12(16-10)17-7-5-14-6-8-17;/h2-4,9,14H,5-8H2,1H3;1H. The first-order valence-electron chi connectivity index (χ1n) is 6.14. The van der Waals surface area contributed by atoms with Crippen molar-refractivity contribution >= 4 is 29.3 Å². The fraction of sp³-hybridized carbons (Fsp3) is 0.385. The summed E-state index contributed by atoms with van der Waals surface area (Å²) in [5, 5.41) is 3.33. The van der Waals surface area contributed by atoms with E-state index in [1.165, 1.54) is 0 Å². The molecule has 3 rings (SSSR count). The average Bonchev–Trinajstić information content (AvgIpc) is 2.47. The lowest BCUT2D eigenvalue weighted by atomic mass is 10.2. The quantitative estimate of drug-likeness (QED) is 0.903. The van der Waals surface area contributed by atoms with Crippen molar-refractivity contribution in [1.82, 2.24) is 15.3 Å². The Hall–Kier alpha value is -1.59. The molecule has 2 aromatic rings. The molecule has 1 aromatic heterocycles. The van der Waals surface area contributed by atoms with Crippen LogP contribution in [-0.4, -0.2) is 43.3 Å². The van der Waals surface area contributed by atoms with Crippen LogP contribution in [0.5, 0.6) is 5.75 Å². The minimum atomic E-state index is 0. The zero-order chi connectivity index (χ0) is 12.4. The molecule has 1 saturated heterocycles. The second-order valence-corrected chi connectivity index (χ2v) is 4.29. The van der Waals surface area contributed by atoms with E-state index in [-0.39, 0.29) is 12.4 Å². The smallest absolute Gasteiger partial charge is 0.147 e. The number of piperazine rings is 1. The number of halogens is 1. The Bertz CT molecular complexity index is 557. The highest BCUT2D eigenvalue weighted by Crippen LogP contribution is 2.23. The first-order chi connectivity index (χ1) is 8.88. The predicted molar refractivity (Wildman–Crippen MR) is 78.4 cm³/mol. The number of methoxy groups -OCH3 is 1. The molecule has 0 saturated carbocycles. The van der Waals surface area contributed by atoms with E-state index in [1.54, 1.807) is 7.11 Å². The van der Waals surface area contributed by atoms with Crippen LogP contribution in [0, 0.1) is 0 Å². The maximum atomic E-state index is 5.29. The van der Waals surface area contributed by atoms with E-state index >= 15 is 0 Å². The van der Waals surface area contributed by atoms with Crippen molar-refractivity contribution in [3.8, 4) is 5.75 Å². The highest BCUT2D eigenvalue weighted by Gasteiger charge is 2.13. The third kappa shape index (κ3) is 2.72. The van der Waals surface area contributed by atoms with Crippen molar-refractivity contribution in [2.45, 2.75) is 0 Å². The zero-order valence-electron chi connectivity index (χ0n) is 10.8. The normalized spacial score (nSPS) is 15.1. The summed E-state index contributed by atoms with van der Waals surface area (Å²) < 4.78 is 5.29. The second-order valence-electron chi connectivity index (χ2n) is 4.29. The largest absolute Gasteiger partial charge is 0.494 e. The number of hydrogen-bond acceptors (Lipinski definition) is 5. The molecule has 1 aliphatic rings. The molecule has 5 nitrogen and oxygen atoms in total. The molecule has 1 aliphatic heterocycles. The van der Waals surface area contributed by atoms with Crippen LogP contribution >= 0.6 is 12.4 Å². The number of nitrogens with one attached hydrogen (secondary N) is 1. The van der Waals surface area contributed by atoms with E-state index in [0.29, 0.717) is 0 Å². The van der Waals surface area contributed by atoms with Gasteiger partial charge in [0.15, 0.2) is 0 Å². The van der Waals surface area contributed by atoms with Gasteiger partial charge in [-0.05, 0) is 12.1 Å². The van der Waals surface area contributed by atoms with Crippen LogP contribution in [0.1, 0.15) is 0 Å². The van der Waals surface area contributed by atoms with Gasteiger partial charge in [-0.3, -0.25) is 0 Å². The molecular formula is C13H17ClN4O. The number of fused-ring (bicyclic) bond motifs is 1. The molecule has 0 amide bonds. The molecule has 6 heteroatoms. The third-order valence-corrected chi connectivity index (χ3v) is 3.18. The molecule has 2 heterocycles. The number of rotatable bonds is 2. The van der Waals surface area contributed by atoms with Crippen molar-refractivity contribution in [2.24, 2.45) is 0 Å². The first-order valence-corrected chi connectivity index (χ1v) is 6.14. The van der Waals surface area contributed by atoms with Gasteiger partial charge in [-0.2, -0.15) is 0 Å². The number of ether oxygens (including phenoxy) is 1. The Morgan fingerprint density at radius 2 is 2.05 bits per heavy atom. The molecule has 1 N–H and O–H groups in total. The Balaban J connectivity index is 0.00000133. The van der Waals surface area contributed by atoms with Gasteiger partial charge in [-0.1, -0.05) is 6.07 Å². The molecule has 0 unspecified atom stereocenters. The molecule has 1 fully saturated rings. The second kappa shape index (κ2) is 6.04. The van der Waals surface area contributed by atoms with Crippen LogP contribution in [0.3, 0.4) is 0 Å². The topological polar surface area (TPSA) is 50.3 Å². The summed E-state index contributed by atoms with van der Waals surface area (Å²) in [6.07, 6.45) is 1.83. The van der Waals surface area contributed by atoms with Gasteiger partial charge in [0, 0.05) is 26.2 Å². The van der Waals surface area contributed by atoms with Gasteiger partial charge in [0.25, 0.3) is 0 Å². The Kier molecular flexibility index (Phi) is 4.39. The first kappa shape index (κ1) is 13.8. The van der Waals surface area contributed by atoms with Gasteiger partial charge in [0.1, 0.15) is 17.1 Å². The van der Waals surface area contributed by atoms with Gasteiger partial charge in [-0.25, -0.2) is 9.97 Å². The third-order valence-electron chi connectivity index (χ3n) is 3.18. The summed E-state index contributed by atoms with van der Waals surface area (Å²) in [7, 11) is 1.65. The van der Waals surface area contributed by atoms with E-state index in [1.807, 2.05) is 24.4 Å². The molecule has 0 bridgehead atoms. The van der Waals surface area contributed by atoms with Crippen molar-refractivity contribution < 1.29 is 4.74 Å². The van der Waals surface area contributed by atoms with Crippen molar-refractivity contribution in [1.29, 1.82) is 0 Å². The summed E-state index contributed by atoms with van der Waals surface area (Å²) in [5.41, 5.74) is 1.70. The number of anilines is 1. The number of nitrogens with zero attached hydrogens (tertiary/aromatic N) is 3. The Labute approximate surface area is 118 Å². The average molecular weight is 281 g/mol. The summed E-state index contributed by atoms with van der Waals surface area (Å²) in [5.74, 6) is 1.71. The van der Waals surface area contributed by atoms with Crippen molar-refractivity contribution in [3.63, 3.8) is 0 Å². The van der Waals surface area contributed by atoms with Gasteiger partial charge < -0.3 is 15.0 Å². The maximum absolute atomic E-state index is 5.29. The van der Waals surface area contributed by atoms with Crippen LogP contribution < -0.4 is 15.0 Å². The van der Waals surface area contributed by atoms with E-state index in [2.05, 4.69) is 20.2 Å². The van der Waals surface area contributed by atoms with Gasteiger partial charge in [0.2, 0.25) is 0 Å². The molecule has 0 aliphatic carbocycles. The highest BCUT2D eigenvalue weighted by molar-refractivity contribution is 5.85. The van der Waals surface area contributed by atoms with Crippen LogP contribution in [0.25, 0.3) is 11.0 Å². The Morgan fingerprint density at radius 1 is 1.26 bits per heavy atom. The summed E-state index contributed by atoms with van der Waals surface area (Å²) in [6.45, 7) is 3.95. The zero-order valence-corrected chi connectivity index (χ0v) is 11.6. The lowest BCUT2D eigenvalue weighted by Gasteiger charge is -2.28. The van der Waals surface area contributed by atoms with E-state index in [0.717, 1.165) is 48.8 Å². The monoisotopic (exact) mass is 280 g/mol. The molecule has 1 aromatic carbocycles. The lowest BCUT2D eigenvalue weighted by Crippen LogP contribution is -2.43. The number of para-hydroxylation sites is 1. The van der Waals surface area contributed by atoms with Crippen LogP contribution in [0.4, 0.5) is 5.82 Å². The number of hydrogen-bond donors (Lipinski definition) is 1. The van der Waals surface area contributed by atoms with Crippen LogP contribution in [-0.2, 0) is 0 Å². The van der Waals surface area contributed by atoms with Crippen LogP contribution in [0.15, 0.2) is 24.4 Å². The minimum Gasteiger partial charge on any atom is -0.494 e. The fourth-order valence-electron chi connectivity index (χ4n) is 2.22. The van der Waals surface area contributed by atoms with E-state index in [4.69, 9.17) is 4.74 Å². The summed E-state index contributed by atoms with van der Waals surface area (Å²) in [4.78, 5) is 11.4. The predicted octanol–water partition coefficient (Wildman–Crippen LogP) is 1.47.